The number of hydrogen-bond acceptors (Lipinski definition) is 4. The maximum absolute atomic E-state index is 12.8. The van der Waals surface area contributed by atoms with E-state index in [0.29, 0.717) is 11.5 Å². The van der Waals surface area contributed by atoms with Crippen molar-refractivity contribution in [2.75, 3.05) is 0 Å². The van der Waals surface area contributed by atoms with Crippen molar-refractivity contribution in [3.63, 3.8) is 0 Å². The number of nitrogens with one attached hydrogen (secondary N) is 2. The van der Waals surface area contributed by atoms with Crippen LogP contribution in [-0.4, -0.2) is 17.3 Å². The van der Waals surface area contributed by atoms with Gasteiger partial charge in [0.25, 0.3) is 5.95 Å². The summed E-state index contributed by atoms with van der Waals surface area (Å²) >= 11 is 0. The number of carbonyl (C=O) groups is 1. The van der Waals surface area contributed by atoms with Crippen LogP contribution in [0.4, 0.5) is 9.18 Å². The van der Waals surface area contributed by atoms with E-state index in [1.807, 2.05) is 0 Å². The first-order chi connectivity index (χ1) is 10.6. The van der Waals surface area contributed by atoms with Crippen LogP contribution >= 0.6 is 0 Å². The van der Waals surface area contributed by atoms with E-state index in [9.17, 15) is 9.18 Å². The van der Waals surface area contributed by atoms with Gasteiger partial charge in [0.15, 0.2) is 5.76 Å². The van der Waals surface area contributed by atoms with Crippen LogP contribution in [0, 0.1) is 17.7 Å². The molecule has 2 rings (SSSR count). The lowest BCUT2D eigenvalue weighted by atomic mass is 10.3. The summed E-state index contributed by atoms with van der Waals surface area (Å²) in [5, 5.41) is 10.7. The number of amides is 2. The molecule has 0 fully saturated rings. The zero-order valence-electron chi connectivity index (χ0n) is 11.6. The molecule has 114 valence electrons. The molecule has 0 saturated heterocycles. The number of halogens is 1. The lowest BCUT2D eigenvalue weighted by Gasteiger charge is -2.04. The summed E-state index contributed by atoms with van der Waals surface area (Å²) in [6.07, 6.45) is 0. The maximum atomic E-state index is 12.8. The largest absolute Gasteiger partial charge is 0.426 e. The first-order valence-electron chi connectivity index (χ1n) is 6.32. The van der Waals surface area contributed by atoms with E-state index in [1.54, 1.807) is 19.1 Å². The molecule has 6 nitrogen and oxygen atoms in total. The van der Waals surface area contributed by atoms with Crippen molar-refractivity contribution >= 4 is 6.03 Å². The molecule has 22 heavy (non-hydrogen) atoms. The first kappa shape index (κ1) is 15.4. The second-order valence-corrected chi connectivity index (χ2v) is 4.25. The molecule has 1 atom stereocenters. The third-order valence-electron chi connectivity index (χ3n) is 2.47. The molecule has 3 N–H and O–H groups in total. The Kier molecular flexibility index (Phi) is 5.01. The fourth-order valence-electron chi connectivity index (χ4n) is 1.51. The van der Waals surface area contributed by atoms with Crippen LogP contribution in [0.1, 0.15) is 12.7 Å². The van der Waals surface area contributed by atoms with Crippen LogP contribution in [0.25, 0.3) is 0 Å². The predicted molar refractivity (Wildman–Crippen MR) is 75.0 cm³/mol. The highest BCUT2D eigenvalue weighted by Crippen LogP contribution is 2.23. The summed E-state index contributed by atoms with van der Waals surface area (Å²) in [6, 6.07) is 7.44. The van der Waals surface area contributed by atoms with Crippen molar-refractivity contribution in [1.82, 2.24) is 10.8 Å². The minimum Gasteiger partial charge on any atom is -0.426 e. The van der Waals surface area contributed by atoms with Gasteiger partial charge in [-0.2, -0.15) is 0 Å². The molecule has 7 heteroatoms. The minimum absolute atomic E-state index is 0.213. The van der Waals surface area contributed by atoms with Gasteiger partial charge in [0.1, 0.15) is 11.6 Å². The number of hydroxylamine groups is 1. The molecule has 1 heterocycles. The Morgan fingerprint density at radius 3 is 2.73 bits per heavy atom. The van der Waals surface area contributed by atoms with Crippen LogP contribution in [0.2, 0.25) is 0 Å². The molecule has 2 amide bonds. The Morgan fingerprint density at radius 1 is 1.32 bits per heavy atom. The zero-order valence-corrected chi connectivity index (χ0v) is 11.6. The van der Waals surface area contributed by atoms with Crippen molar-refractivity contribution in [1.29, 1.82) is 0 Å². The molecule has 0 spiro atoms. The highest BCUT2D eigenvalue weighted by Gasteiger charge is 2.04. The van der Waals surface area contributed by atoms with Gasteiger partial charge in [-0.1, -0.05) is 5.92 Å². The molecule has 0 bridgehead atoms. The average Bonchev–Trinajstić information content (AvgIpc) is 2.95. The Labute approximate surface area is 125 Å². The van der Waals surface area contributed by atoms with E-state index in [-0.39, 0.29) is 11.8 Å². The SMILES string of the molecule is CC(C#Cc1ccc(Oc2ccc(F)cc2)o1)NC(=O)NO. The van der Waals surface area contributed by atoms with Gasteiger partial charge in [0.2, 0.25) is 0 Å². The molecule has 0 aliphatic heterocycles. The highest BCUT2D eigenvalue weighted by molar-refractivity contribution is 5.73. The molecule has 1 aromatic carbocycles. The van der Waals surface area contributed by atoms with Gasteiger partial charge in [-0.25, -0.2) is 14.7 Å². The summed E-state index contributed by atoms with van der Waals surface area (Å²) in [7, 11) is 0. The lowest BCUT2D eigenvalue weighted by molar-refractivity contribution is 0.161. The van der Waals surface area contributed by atoms with Crippen LogP contribution in [0.3, 0.4) is 0 Å². The summed E-state index contributed by atoms with van der Waals surface area (Å²) in [6.45, 7) is 1.64. The number of urea groups is 1. The molecule has 0 saturated carbocycles. The van der Waals surface area contributed by atoms with Crippen molar-refractivity contribution in [3.05, 3.63) is 48.0 Å². The Morgan fingerprint density at radius 2 is 2.05 bits per heavy atom. The fourth-order valence-corrected chi connectivity index (χ4v) is 1.51. The topological polar surface area (TPSA) is 83.7 Å². The first-order valence-corrected chi connectivity index (χ1v) is 6.32. The number of benzene rings is 1. The van der Waals surface area contributed by atoms with Crippen molar-refractivity contribution in [2.45, 2.75) is 13.0 Å². The lowest BCUT2D eigenvalue weighted by Crippen LogP contribution is -2.38. The van der Waals surface area contributed by atoms with Gasteiger partial charge in [0.05, 0.1) is 6.04 Å². The van der Waals surface area contributed by atoms with Gasteiger partial charge in [-0.15, -0.1) is 0 Å². The molecule has 1 aromatic heterocycles. The van der Waals surface area contributed by atoms with Crippen LogP contribution in [0.15, 0.2) is 40.8 Å². The van der Waals surface area contributed by atoms with Crippen molar-refractivity contribution in [2.24, 2.45) is 0 Å². The van der Waals surface area contributed by atoms with Crippen molar-refractivity contribution in [3.8, 4) is 23.5 Å². The second kappa shape index (κ2) is 7.15. The molecule has 1 unspecified atom stereocenters. The van der Waals surface area contributed by atoms with Crippen molar-refractivity contribution < 1.29 is 23.5 Å². The molecular formula is C15H13FN2O4. The average molecular weight is 304 g/mol. The normalized spacial score (nSPS) is 11.0. The van der Waals surface area contributed by atoms with E-state index in [0.717, 1.165) is 0 Å². The molecule has 2 aromatic rings. The van der Waals surface area contributed by atoms with Crippen LogP contribution in [0.5, 0.6) is 11.7 Å². The Balaban J connectivity index is 1.97. The second-order valence-electron chi connectivity index (χ2n) is 4.25. The predicted octanol–water partition coefficient (Wildman–Crippen LogP) is 2.64. The number of carbonyl (C=O) groups excluding carboxylic acids is 1. The van der Waals surface area contributed by atoms with E-state index in [2.05, 4.69) is 17.2 Å². The van der Waals surface area contributed by atoms with E-state index in [1.165, 1.54) is 29.7 Å². The Bertz CT molecular complexity index is 700. The van der Waals surface area contributed by atoms with E-state index in [4.69, 9.17) is 14.4 Å². The summed E-state index contributed by atoms with van der Waals surface area (Å²) in [4.78, 5) is 10.9. The summed E-state index contributed by atoms with van der Waals surface area (Å²) < 4.78 is 23.5. The molecular weight excluding hydrogens is 291 g/mol. The summed E-state index contributed by atoms with van der Waals surface area (Å²) in [5.74, 6) is 6.06. The number of rotatable bonds is 3. The number of ether oxygens (including phenoxy) is 1. The molecule has 0 aliphatic rings. The van der Waals surface area contributed by atoms with Gasteiger partial charge >= 0.3 is 6.03 Å². The van der Waals surface area contributed by atoms with Crippen LogP contribution < -0.4 is 15.5 Å². The standard InChI is InChI=1S/C15H13FN2O4/c1-10(17-15(19)18-20)2-5-12-8-9-14(21-12)22-13-6-3-11(16)4-7-13/h3-4,6-10,20H,1H3,(H2,17,18,19). The number of hydrogen-bond donors (Lipinski definition) is 3. The monoisotopic (exact) mass is 304 g/mol. The minimum atomic E-state index is -0.749. The van der Waals surface area contributed by atoms with E-state index < -0.39 is 12.1 Å². The highest BCUT2D eigenvalue weighted by atomic mass is 19.1. The zero-order chi connectivity index (χ0) is 15.9. The van der Waals surface area contributed by atoms with Gasteiger partial charge in [-0.3, -0.25) is 5.21 Å². The van der Waals surface area contributed by atoms with Gasteiger partial charge in [-0.05, 0) is 43.2 Å². The van der Waals surface area contributed by atoms with Gasteiger partial charge < -0.3 is 14.5 Å². The Hall–Kier alpha value is -2.98. The molecule has 0 aliphatic carbocycles. The van der Waals surface area contributed by atoms with Gasteiger partial charge in [0, 0.05) is 6.07 Å². The van der Waals surface area contributed by atoms with E-state index >= 15 is 0 Å². The third-order valence-corrected chi connectivity index (χ3v) is 2.47. The smallest absolute Gasteiger partial charge is 0.339 e. The molecule has 0 radical (unpaired) electrons. The van der Waals surface area contributed by atoms with Crippen LogP contribution in [-0.2, 0) is 0 Å². The quantitative estimate of drug-likeness (QED) is 0.462. The third kappa shape index (κ3) is 4.54. The number of furan rings is 1. The maximum Gasteiger partial charge on any atom is 0.339 e. The fraction of sp³-hybridized carbons (Fsp3) is 0.133. The summed E-state index contributed by atoms with van der Waals surface area (Å²) in [5.41, 5.74) is 1.44.